The largest absolute Gasteiger partial charge is 0.422 e. The summed E-state index contributed by atoms with van der Waals surface area (Å²) in [4.78, 5) is 69.9. The molecule has 0 unspecified atom stereocenters. The topological polar surface area (TPSA) is 149 Å². The summed E-state index contributed by atoms with van der Waals surface area (Å²) < 4.78 is 24.2. The van der Waals surface area contributed by atoms with Gasteiger partial charge in [-0.2, -0.15) is 0 Å². The third-order valence-electron chi connectivity index (χ3n) is 2.57. The van der Waals surface area contributed by atoms with E-state index in [1.807, 2.05) is 0 Å². The van der Waals surface area contributed by atoms with E-state index in [4.69, 9.17) is 23.7 Å². The van der Waals surface area contributed by atoms with Crippen LogP contribution in [0.4, 0.5) is 0 Å². The van der Waals surface area contributed by atoms with Crippen LogP contribution in [-0.4, -0.2) is 29.8 Å². The lowest BCUT2D eigenvalue weighted by molar-refractivity contribution is -0.135. The maximum Gasteiger partial charge on any atom is 0.308 e. The van der Waals surface area contributed by atoms with Crippen LogP contribution in [0.5, 0.6) is 28.7 Å². The monoisotopic (exact) mass is 396 g/mol. The van der Waals surface area contributed by atoms with Crippen molar-refractivity contribution in [1.82, 2.24) is 0 Å². The quantitative estimate of drug-likeness (QED) is 0.646. The molecule has 0 bridgehead atoms. The van der Waals surface area contributed by atoms with Gasteiger partial charge in [0.15, 0.2) is 11.5 Å². The van der Waals surface area contributed by atoms with Crippen LogP contribution in [0, 0.1) is 0 Å². The second kappa shape index (κ2) is 9.26. The minimum atomic E-state index is -1.28. The van der Waals surface area contributed by atoms with Gasteiger partial charge >= 0.3 is 29.8 Å². The second-order valence-electron chi connectivity index (χ2n) is 5.16. The van der Waals surface area contributed by atoms with Crippen LogP contribution < -0.4 is 29.1 Å². The van der Waals surface area contributed by atoms with E-state index >= 15 is 0 Å². The van der Waals surface area contributed by atoms with Gasteiger partial charge in [-0.3, -0.25) is 28.8 Å². The van der Waals surface area contributed by atoms with Gasteiger partial charge in [-0.25, -0.2) is 0 Å². The number of ether oxygens (including phenoxy) is 5. The Morgan fingerprint density at radius 2 is 0.857 bits per heavy atom. The standard InChI is InChI=1S/C17H16O11/c1-7(18)24-12-6-13(25-8(2)19)16(27-10(4)21)17(28-11(5)22)14(23)15(12)26-9(3)20/h6H,1-5H3. The van der Waals surface area contributed by atoms with Gasteiger partial charge in [-0.15, -0.1) is 0 Å². The van der Waals surface area contributed by atoms with Crippen molar-refractivity contribution in [2.24, 2.45) is 0 Å². The first-order valence-corrected chi connectivity index (χ1v) is 7.59. The molecule has 0 saturated heterocycles. The molecule has 11 heteroatoms. The van der Waals surface area contributed by atoms with E-state index in [0.29, 0.717) is 0 Å². The minimum Gasteiger partial charge on any atom is -0.422 e. The molecule has 1 aromatic rings. The van der Waals surface area contributed by atoms with Crippen LogP contribution >= 0.6 is 0 Å². The maximum absolute atomic E-state index is 12.8. The van der Waals surface area contributed by atoms with Crippen LogP contribution in [0.3, 0.4) is 0 Å². The van der Waals surface area contributed by atoms with E-state index in [1.165, 1.54) is 0 Å². The van der Waals surface area contributed by atoms with Crippen molar-refractivity contribution >= 4 is 29.8 Å². The maximum atomic E-state index is 12.8. The normalized spacial score (nSPS) is 9.75. The van der Waals surface area contributed by atoms with Crippen LogP contribution in [0.15, 0.2) is 10.9 Å². The molecule has 0 atom stereocenters. The van der Waals surface area contributed by atoms with E-state index in [0.717, 1.165) is 40.7 Å². The molecule has 0 N–H and O–H groups in total. The fraction of sp³-hybridized carbons (Fsp3) is 0.294. The third kappa shape index (κ3) is 6.20. The van der Waals surface area contributed by atoms with Gasteiger partial charge in [-0.1, -0.05) is 0 Å². The lowest BCUT2D eigenvalue weighted by Crippen LogP contribution is -2.17. The highest BCUT2D eigenvalue weighted by Gasteiger charge is 2.27. The van der Waals surface area contributed by atoms with Gasteiger partial charge in [0, 0.05) is 40.7 Å². The second-order valence-corrected chi connectivity index (χ2v) is 5.16. The summed E-state index contributed by atoms with van der Waals surface area (Å²) in [6, 6.07) is 0.799. The average molecular weight is 396 g/mol. The zero-order valence-electron chi connectivity index (χ0n) is 15.6. The molecule has 0 spiro atoms. The molecular formula is C17H16O11. The molecule has 0 aliphatic carbocycles. The molecule has 0 aliphatic rings. The lowest BCUT2D eigenvalue weighted by Gasteiger charge is -2.09. The number of rotatable bonds is 5. The molecule has 11 nitrogen and oxygen atoms in total. The smallest absolute Gasteiger partial charge is 0.308 e. The molecular weight excluding hydrogens is 380 g/mol. The summed E-state index contributed by atoms with van der Waals surface area (Å²) >= 11 is 0. The van der Waals surface area contributed by atoms with Crippen LogP contribution in [0.1, 0.15) is 34.6 Å². The van der Waals surface area contributed by atoms with Gasteiger partial charge in [-0.05, 0) is 0 Å². The predicted molar refractivity (Wildman–Crippen MR) is 89.3 cm³/mol. The average Bonchev–Trinajstić information content (AvgIpc) is 2.59. The summed E-state index contributed by atoms with van der Waals surface area (Å²) in [6.45, 7) is 4.84. The number of carbonyl (C=O) groups excluding carboxylic acids is 5. The van der Waals surface area contributed by atoms with Gasteiger partial charge in [0.1, 0.15) is 0 Å². The summed E-state index contributed by atoms with van der Waals surface area (Å²) in [5.74, 6) is -8.56. The Kier molecular flexibility index (Phi) is 7.37. The van der Waals surface area contributed by atoms with E-state index in [1.54, 1.807) is 0 Å². The summed E-state index contributed by atoms with van der Waals surface area (Å²) in [5.41, 5.74) is -1.28. The molecule has 0 heterocycles. The Bertz CT molecular complexity index is 914. The number of esters is 5. The number of carbonyl (C=O) groups is 5. The number of hydrogen-bond donors (Lipinski definition) is 0. The fourth-order valence-corrected chi connectivity index (χ4v) is 1.86. The third-order valence-corrected chi connectivity index (χ3v) is 2.57. The van der Waals surface area contributed by atoms with Gasteiger partial charge < -0.3 is 23.7 Å². The molecule has 150 valence electrons. The summed E-state index contributed by atoms with van der Waals surface area (Å²) in [6.07, 6.45) is 0. The van der Waals surface area contributed by atoms with E-state index in [2.05, 4.69) is 0 Å². The highest BCUT2D eigenvalue weighted by molar-refractivity contribution is 5.80. The Morgan fingerprint density at radius 3 is 1.25 bits per heavy atom. The zero-order valence-corrected chi connectivity index (χ0v) is 15.6. The Balaban J connectivity index is 4.09. The highest BCUT2D eigenvalue weighted by Crippen LogP contribution is 2.40. The Hall–Kier alpha value is -3.76. The van der Waals surface area contributed by atoms with Crippen molar-refractivity contribution in [3.63, 3.8) is 0 Å². The first-order valence-electron chi connectivity index (χ1n) is 7.59. The van der Waals surface area contributed by atoms with E-state index in [9.17, 15) is 28.8 Å². The SMILES string of the molecule is CC(=O)Oc1cc(OC(C)=O)c(OC(C)=O)c(=O)c(OC(C)=O)c1OC(C)=O. The molecule has 0 radical (unpaired) electrons. The van der Waals surface area contributed by atoms with Crippen molar-refractivity contribution in [1.29, 1.82) is 0 Å². The number of hydrogen-bond acceptors (Lipinski definition) is 11. The van der Waals surface area contributed by atoms with Gasteiger partial charge in [0.25, 0.3) is 5.43 Å². The predicted octanol–water partition coefficient (Wildman–Crippen LogP) is 0.673. The van der Waals surface area contributed by atoms with Gasteiger partial charge in [0.2, 0.25) is 17.2 Å². The van der Waals surface area contributed by atoms with E-state index in [-0.39, 0.29) is 0 Å². The van der Waals surface area contributed by atoms with Crippen molar-refractivity contribution in [3.05, 3.63) is 16.3 Å². The van der Waals surface area contributed by atoms with Crippen molar-refractivity contribution < 1.29 is 47.7 Å². The minimum absolute atomic E-state index is 0.606. The van der Waals surface area contributed by atoms with Crippen molar-refractivity contribution in [2.75, 3.05) is 0 Å². The van der Waals surface area contributed by atoms with Crippen LogP contribution in [0.25, 0.3) is 0 Å². The summed E-state index contributed by atoms with van der Waals surface area (Å²) in [7, 11) is 0. The molecule has 0 amide bonds. The first-order chi connectivity index (χ1) is 12.9. The Morgan fingerprint density at radius 1 is 0.536 bits per heavy atom. The highest BCUT2D eigenvalue weighted by atomic mass is 16.6. The zero-order chi connectivity index (χ0) is 21.6. The molecule has 0 aromatic heterocycles. The fourth-order valence-electron chi connectivity index (χ4n) is 1.86. The first kappa shape index (κ1) is 22.3. The summed E-state index contributed by atoms with van der Waals surface area (Å²) in [5, 5.41) is 0. The Labute approximate surface area is 158 Å². The van der Waals surface area contributed by atoms with Crippen molar-refractivity contribution in [3.8, 4) is 28.7 Å². The van der Waals surface area contributed by atoms with Crippen LogP contribution in [-0.2, 0) is 24.0 Å². The lowest BCUT2D eigenvalue weighted by atomic mass is 10.4. The van der Waals surface area contributed by atoms with Crippen LogP contribution in [0.2, 0.25) is 0 Å². The molecule has 0 fully saturated rings. The van der Waals surface area contributed by atoms with E-state index < -0.39 is 64.0 Å². The van der Waals surface area contributed by atoms with Crippen molar-refractivity contribution in [2.45, 2.75) is 34.6 Å². The molecule has 0 saturated carbocycles. The molecule has 1 rings (SSSR count). The van der Waals surface area contributed by atoms with Gasteiger partial charge in [0.05, 0.1) is 0 Å². The molecule has 1 aromatic carbocycles. The molecule has 0 aliphatic heterocycles. The molecule has 28 heavy (non-hydrogen) atoms.